The Morgan fingerprint density at radius 3 is 2.00 bits per heavy atom. The zero-order chi connectivity index (χ0) is 18.5. The largest absolute Gasteiger partial charge is 0.370 e. The zero-order valence-electron chi connectivity index (χ0n) is 15.7. The van der Waals surface area contributed by atoms with E-state index in [0.29, 0.717) is 6.04 Å². The molecule has 0 amide bonds. The average Bonchev–Trinajstić information content (AvgIpc) is 2.64. The van der Waals surface area contributed by atoms with Gasteiger partial charge in [-0.2, -0.15) is 0 Å². The van der Waals surface area contributed by atoms with Gasteiger partial charge in [0, 0.05) is 43.6 Å². The highest BCUT2D eigenvalue weighted by atomic mass is 15.3. The van der Waals surface area contributed by atoms with E-state index in [9.17, 15) is 0 Å². The Morgan fingerprint density at radius 2 is 1.50 bits per heavy atom. The zero-order valence-corrected chi connectivity index (χ0v) is 15.7. The predicted octanol–water partition coefficient (Wildman–Crippen LogP) is 3.11. The van der Waals surface area contributed by atoms with Crippen LogP contribution in [0.4, 0.5) is 11.4 Å². The van der Waals surface area contributed by atoms with Gasteiger partial charge < -0.3 is 16.0 Å². The lowest BCUT2D eigenvalue weighted by Gasteiger charge is -2.38. The second-order valence-corrected chi connectivity index (χ2v) is 7.20. The highest BCUT2D eigenvalue weighted by Crippen LogP contribution is 2.20. The number of guanidine groups is 1. The van der Waals surface area contributed by atoms with Gasteiger partial charge in [-0.3, -0.25) is 10.3 Å². The molecule has 0 aromatic heterocycles. The molecule has 1 fully saturated rings. The SMILES string of the molecule is CC(C)N1CCN(c2ccc(Cc3ccc(NC(=N)N)cc3)cc2)CC1. The number of piperazine rings is 1. The molecule has 1 aliphatic rings. The first-order chi connectivity index (χ1) is 12.5. The molecule has 2 aromatic carbocycles. The third kappa shape index (κ3) is 4.76. The molecular weight excluding hydrogens is 322 g/mol. The van der Waals surface area contributed by atoms with E-state index < -0.39 is 0 Å². The molecule has 0 saturated carbocycles. The number of hydrogen-bond acceptors (Lipinski definition) is 3. The van der Waals surface area contributed by atoms with Crippen molar-refractivity contribution < 1.29 is 0 Å². The number of nitrogens with zero attached hydrogens (tertiary/aromatic N) is 2. The summed E-state index contributed by atoms with van der Waals surface area (Å²) in [5, 5.41) is 10.1. The third-order valence-corrected chi connectivity index (χ3v) is 4.99. The van der Waals surface area contributed by atoms with Crippen LogP contribution in [-0.4, -0.2) is 43.1 Å². The van der Waals surface area contributed by atoms with Crippen molar-refractivity contribution in [2.24, 2.45) is 5.73 Å². The lowest BCUT2D eigenvalue weighted by atomic mass is 10.0. The minimum absolute atomic E-state index is 0.0393. The van der Waals surface area contributed by atoms with Gasteiger partial charge in [0.05, 0.1) is 0 Å². The maximum Gasteiger partial charge on any atom is 0.190 e. The van der Waals surface area contributed by atoms with Crippen molar-refractivity contribution in [2.75, 3.05) is 36.4 Å². The van der Waals surface area contributed by atoms with Crippen LogP contribution in [0.2, 0.25) is 0 Å². The monoisotopic (exact) mass is 351 g/mol. The van der Waals surface area contributed by atoms with Crippen LogP contribution < -0.4 is 16.0 Å². The summed E-state index contributed by atoms with van der Waals surface area (Å²) in [6.07, 6.45) is 0.905. The number of nitrogens with one attached hydrogen (secondary N) is 2. The molecule has 1 heterocycles. The summed E-state index contributed by atoms with van der Waals surface area (Å²) in [6, 6.07) is 17.6. The Bertz CT molecular complexity index is 713. The molecule has 5 nitrogen and oxygen atoms in total. The second-order valence-electron chi connectivity index (χ2n) is 7.20. The van der Waals surface area contributed by atoms with Crippen molar-refractivity contribution in [3.8, 4) is 0 Å². The fourth-order valence-electron chi connectivity index (χ4n) is 3.42. The van der Waals surface area contributed by atoms with E-state index in [1.807, 2.05) is 12.1 Å². The molecule has 4 N–H and O–H groups in total. The first-order valence-corrected chi connectivity index (χ1v) is 9.29. The van der Waals surface area contributed by atoms with Gasteiger partial charge in [0.1, 0.15) is 0 Å². The molecule has 0 atom stereocenters. The van der Waals surface area contributed by atoms with E-state index in [0.717, 1.165) is 38.3 Å². The fraction of sp³-hybridized carbons (Fsp3) is 0.381. The second kappa shape index (κ2) is 8.23. The highest BCUT2D eigenvalue weighted by Gasteiger charge is 2.18. The van der Waals surface area contributed by atoms with Gasteiger partial charge in [-0.25, -0.2) is 0 Å². The van der Waals surface area contributed by atoms with Gasteiger partial charge >= 0.3 is 0 Å². The number of benzene rings is 2. The van der Waals surface area contributed by atoms with Crippen LogP contribution in [0, 0.1) is 5.41 Å². The maximum absolute atomic E-state index is 7.26. The predicted molar refractivity (Wildman–Crippen MR) is 110 cm³/mol. The summed E-state index contributed by atoms with van der Waals surface area (Å²) in [5.41, 5.74) is 10.1. The first-order valence-electron chi connectivity index (χ1n) is 9.29. The maximum atomic E-state index is 7.26. The smallest absolute Gasteiger partial charge is 0.190 e. The van der Waals surface area contributed by atoms with E-state index in [2.05, 4.69) is 65.4 Å². The van der Waals surface area contributed by atoms with Gasteiger partial charge in [0.25, 0.3) is 0 Å². The average molecular weight is 351 g/mol. The quantitative estimate of drug-likeness (QED) is 0.572. The molecule has 2 aromatic rings. The van der Waals surface area contributed by atoms with Gasteiger partial charge in [-0.05, 0) is 55.7 Å². The van der Waals surface area contributed by atoms with E-state index in [1.54, 1.807) is 0 Å². The van der Waals surface area contributed by atoms with E-state index in [1.165, 1.54) is 16.8 Å². The normalized spacial score (nSPS) is 15.3. The van der Waals surface area contributed by atoms with E-state index >= 15 is 0 Å². The Hall–Kier alpha value is -2.53. The molecule has 3 rings (SSSR count). The first kappa shape index (κ1) is 18.3. The van der Waals surface area contributed by atoms with Crippen LogP contribution in [0.1, 0.15) is 25.0 Å². The molecule has 5 heteroatoms. The topological polar surface area (TPSA) is 68.4 Å². The Balaban J connectivity index is 1.57. The van der Waals surface area contributed by atoms with Crippen LogP contribution in [0.15, 0.2) is 48.5 Å². The summed E-state index contributed by atoms with van der Waals surface area (Å²) < 4.78 is 0. The summed E-state index contributed by atoms with van der Waals surface area (Å²) in [4.78, 5) is 5.01. The van der Waals surface area contributed by atoms with Crippen molar-refractivity contribution in [1.82, 2.24) is 4.90 Å². The van der Waals surface area contributed by atoms with Crippen molar-refractivity contribution in [3.05, 3.63) is 59.7 Å². The number of nitrogens with two attached hydrogens (primary N) is 1. The van der Waals surface area contributed by atoms with Crippen molar-refractivity contribution in [2.45, 2.75) is 26.3 Å². The van der Waals surface area contributed by atoms with Crippen LogP contribution in [0.25, 0.3) is 0 Å². The van der Waals surface area contributed by atoms with Crippen LogP contribution in [0.5, 0.6) is 0 Å². The molecule has 138 valence electrons. The Morgan fingerprint density at radius 1 is 0.962 bits per heavy atom. The van der Waals surface area contributed by atoms with Gasteiger partial charge in [0.15, 0.2) is 5.96 Å². The van der Waals surface area contributed by atoms with Crippen LogP contribution >= 0.6 is 0 Å². The molecular formula is C21H29N5. The van der Waals surface area contributed by atoms with E-state index in [4.69, 9.17) is 11.1 Å². The van der Waals surface area contributed by atoms with Gasteiger partial charge in [-0.15, -0.1) is 0 Å². The molecule has 0 unspecified atom stereocenters. The third-order valence-electron chi connectivity index (χ3n) is 4.99. The molecule has 26 heavy (non-hydrogen) atoms. The molecule has 0 bridgehead atoms. The molecule has 1 saturated heterocycles. The summed E-state index contributed by atoms with van der Waals surface area (Å²) >= 11 is 0. The molecule has 0 aliphatic carbocycles. The summed E-state index contributed by atoms with van der Waals surface area (Å²) in [7, 11) is 0. The number of hydrogen-bond donors (Lipinski definition) is 3. The Labute approximate surface area is 156 Å². The Kier molecular flexibility index (Phi) is 5.78. The standard InChI is InChI=1S/C21H29N5/c1-16(2)25-11-13-26(14-12-25)20-9-5-18(6-10-20)15-17-3-7-19(8-4-17)24-21(22)23/h3-10,16H,11-15H2,1-2H3,(H4,22,23,24). The number of anilines is 2. The van der Waals surface area contributed by atoms with E-state index in [-0.39, 0.29) is 5.96 Å². The lowest BCUT2D eigenvalue weighted by Crippen LogP contribution is -2.48. The van der Waals surface area contributed by atoms with Gasteiger partial charge in [0.2, 0.25) is 0 Å². The molecule has 0 radical (unpaired) electrons. The minimum atomic E-state index is -0.0393. The minimum Gasteiger partial charge on any atom is -0.370 e. The highest BCUT2D eigenvalue weighted by molar-refractivity contribution is 5.89. The van der Waals surface area contributed by atoms with Crippen molar-refractivity contribution >= 4 is 17.3 Å². The lowest BCUT2D eigenvalue weighted by molar-refractivity contribution is 0.209. The summed E-state index contributed by atoms with van der Waals surface area (Å²) in [5.74, 6) is -0.0393. The van der Waals surface area contributed by atoms with Crippen molar-refractivity contribution in [3.63, 3.8) is 0 Å². The van der Waals surface area contributed by atoms with Crippen LogP contribution in [0.3, 0.4) is 0 Å². The number of rotatable bonds is 5. The van der Waals surface area contributed by atoms with Crippen molar-refractivity contribution in [1.29, 1.82) is 5.41 Å². The van der Waals surface area contributed by atoms with Crippen LogP contribution in [-0.2, 0) is 6.42 Å². The molecule has 1 aliphatic heterocycles. The summed E-state index contributed by atoms with van der Waals surface area (Å²) in [6.45, 7) is 9.02. The fourth-order valence-corrected chi connectivity index (χ4v) is 3.42. The van der Waals surface area contributed by atoms with Gasteiger partial charge in [-0.1, -0.05) is 24.3 Å². The molecule has 0 spiro atoms.